The molecule has 0 heterocycles. The fourth-order valence-corrected chi connectivity index (χ4v) is 2.45. The average Bonchev–Trinajstić information content (AvgIpc) is 2.20. The SMILES string of the molecule is N[C@@H]1C[C@H](C(=O)O)Cc2cc(Cl)c(Cl)cc21. The Morgan fingerprint density at radius 1 is 1.38 bits per heavy atom. The first kappa shape index (κ1) is 11.7. The van der Waals surface area contributed by atoms with E-state index < -0.39 is 11.9 Å². The number of carbonyl (C=O) groups is 1. The van der Waals surface area contributed by atoms with Crippen molar-refractivity contribution in [3.8, 4) is 0 Å². The highest BCUT2D eigenvalue weighted by Crippen LogP contribution is 2.36. The van der Waals surface area contributed by atoms with Crippen LogP contribution in [0, 0.1) is 5.92 Å². The lowest BCUT2D eigenvalue weighted by atomic mass is 9.81. The van der Waals surface area contributed by atoms with Crippen LogP contribution in [0.25, 0.3) is 0 Å². The minimum atomic E-state index is -0.813. The number of halogens is 2. The number of carboxylic acids is 1. The van der Waals surface area contributed by atoms with Gasteiger partial charge < -0.3 is 10.8 Å². The Kier molecular flexibility index (Phi) is 3.10. The summed E-state index contributed by atoms with van der Waals surface area (Å²) in [6.07, 6.45) is 0.912. The van der Waals surface area contributed by atoms with Crippen molar-refractivity contribution in [3.05, 3.63) is 33.3 Å². The van der Waals surface area contributed by atoms with Crippen LogP contribution in [0.1, 0.15) is 23.6 Å². The molecule has 86 valence electrons. The summed E-state index contributed by atoms with van der Waals surface area (Å²) in [5.74, 6) is -1.24. The van der Waals surface area contributed by atoms with Gasteiger partial charge in [0.2, 0.25) is 0 Å². The summed E-state index contributed by atoms with van der Waals surface area (Å²) >= 11 is 11.8. The van der Waals surface area contributed by atoms with E-state index in [9.17, 15) is 4.79 Å². The Bertz CT molecular complexity index is 448. The number of hydrogen-bond acceptors (Lipinski definition) is 2. The molecule has 16 heavy (non-hydrogen) atoms. The van der Waals surface area contributed by atoms with Crippen LogP contribution in [0.5, 0.6) is 0 Å². The van der Waals surface area contributed by atoms with E-state index in [1.165, 1.54) is 0 Å². The maximum Gasteiger partial charge on any atom is 0.306 e. The molecule has 1 aromatic rings. The normalized spacial score (nSPS) is 23.9. The second kappa shape index (κ2) is 4.24. The van der Waals surface area contributed by atoms with Crippen LogP contribution < -0.4 is 5.73 Å². The van der Waals surface area contributed by atoms with E-state index in [2.05, 4.69) is 0 Å². The third-order valence-corrected chi connectivity index (χ3v) is 3.66. The summed E-state index contributed by atoms with van der Waals surface area (Å²) in [6.45, 7) is 0. The number of hydrogen-bond donors (Lipinski definition) is 2. The molecule has 0 fully saturated rings. The van der Waals surface area contributed by atoms with Gasteiger partial charge in [0.1, 0.15) is 0 Å². The first-order valence-corrected chi connectivity index (χ1v) is 5.71. The van der Waals surface area contributed by atoms with Crippen LogP contribution in [0.3, 0.4) is 0 Å². The van der Waals surface area contributed by atoms with E-state index in [1.807, 2.05) is 0 Å². The minimum absolute atomic E-state index is 0.278. The summed E-state index contributed by atoms with van der Waals surface area (Å²) in [4.78, 5) is 10.9. The summed E-state index contributed by atoms with van der Waals surface area (Å²) in [5.41, 5.74) is 7.73. The zero-order valence-electron chi connectivity index (χ0n) is 8.41. The monoisotopic (exact) mass is 259 g/mol. The van der Waals surface area contributed by atoms with E-state index >= 15 is 0 Å². The summed E-state index contributed by atoms with van der Waals surface area (Å²) in [6, 6.07) is 3.18. The second-order valence-electron chi connectivity index (χ2n) is 4.05. The van der Waals surface area contributed by atoms with Crippen LogP contribution in [0.2, 0.25) is 10.0 Å². The number of nitrogens with two attached hydrogens (primary N) is 1. The van der Waals surface area contributed by atoms with Crippen molar-refractivity contribution in [2.45, 2.75) is 18.9 Å². The standard InChI is InChI=1S/C11H11Cl2NO2/c12-8-2-5-1-6(11(15)16)3-10(14)7(5)4-9(8)13/h2,4,6,10H,1,3,14H2,(H,15,16)/t6-,10-/m1/s1. The molecular weight excluding hydrogens is 249 g/mol. The Labute approximate surface area is 103 Å². The highest BCUT2D eigenvalue weighted by molar-refractivity contribution is 6.42. The van der Waals surface area contributed by atoms with Crippen LogP contribution in [0.4, 0.5) is 0 Å². The van der Waals surface area contributed by atoms with Gasteiger partial charge in [0, 0.05) is 6.04 Å². The molecule has 2 atom stereocenters. The first-order valence-electron chi connectivity index (χ1n) is 4.95. The molecule has 0 saturated heterocycles. The van der Waals surface area contributed by atoms with Crippen molar-refractivity contribution in [2.75, 3.05) is 0 Å². The van der Waals surface area contributed by atoms with Crippen molar-refractivity contribution in [2.24, 2.45) is 11.7 Å². The molecule has 1 aromatic carbocycles. The number of aliphatic carboxylic acids is 1. The van der Waals surface area contributed by atoms with Gasteiger partial charge in [-0.3, -0.25) is 4.79 Å². The van der Waals surface area contributed by atoms with Crippen molar-refractivity contribution in [1.29, 1.82) is 0 Å². The Morgan fingerprint density at radius 3 is 2.62 bits per heavy atom. The summed E-state index contributed by atoms with van der Waals surface area (Å²) in [7, 11) is 0. The van der Waals surface area contributed by atoms with Crippen LogP contribution in [-0.2, 0) is 11.2 Å². The summed E-state index contributed by atoms with van der Waals surface area (Å²) in [5, 5.41) is 9.90. The number of carboxylic acid groups (broad SMARTS) is 1. The number of fused-ring (bicyclic) bond motifs is 1. The molecule has 0 spiro atoms. The van der Waals surface area contributed by atoms with Gasteiger partial charge in [0.15, 0.2) is 0 Å². The maximum absolute atomic E-state index is 10.9. The minimum Gasteiger partial charge on any atom is -0.481 e. The van der Waals surface area contributed by atoms with Crippen molar-refractivity contribution < 1.29 is 9.90 Å². The Hall–Kier alpha value is -0.770. The second-order valence-corrected chi connectivity index (χ2v) is 4.86. The van der Waals surface area contributed by atoms with E-state index in [0.29, 0.717) is 22.9 Å². The lowest BCUT2D eigenvalue weighted by Gasteiger charge is -2.27. The first-order chi connectivity index (χ1) is 7.49. The fraction of sp³-hybridized carbons (Fsp3) is 0.364. The van der Waals surface area contributed by atoms with Crippen molar-refractivity contribution >= 4 is 29.2 Å². The molecule has 3 N–H and O–H groups in total. The van der Waals surface area contributed by atoms with E-state index in [-0.39, 0.29) is 6.04 Å². The maximum atomic E-state index is 10.9. The lowest BCUT2D eigenvalue weighted by Crippen LogP contribution is -2.28. The van der Waals surface area contributed by atoms with Crippen LogP contribution in [0.15, 0.2) is 12.1 Å². The smallest absolute Gasteiger partial charge is 0.306 e. The topological polar surface area (TPSA) is 63.3 Å². The highest BCUT2D eigenvalue weighted by Gasteiger charge is 2.29. The van der Waals surface area contributed by atoms with Gasteiger partial charge in [-0.15, -0.1) is 0 Å². The molecule has 0 bridgehead atoms. The molecule has 1 aliphatic rings. The van der Waals surface area contributed by atoms with E-state index in [4.69, 9.17) is 34.0 Å². The number of benzene rings is 1. The molecule has 5 heteroatoms. The van der Waals surface area contributed by atoms with Crippen molar-refractivity contribution in [1.82, 2.24) is 0 Å². The van der Waals surface area contributed by atoms with Gasteiger partial charge in [-0.05, 0) is 36.1 Å². The molecule has 0 radical (unpaired) electrons. The van der Waals surface area contributed by atoms with Gasteiger partial charge in [0.25, 0.3) is 0 Å². The zero-order chi connectivity index (χ0) is 11.9. The zero-order valence-corrected chi connectivity index (χ0v) is 9.92. The molecule has 0 saturated carbocycles. The number of rotatable bonds is 1. The predicted octanol–water partition coefficient (Wildman–Crippen LogP) is 2.64. The average molecular weight is 260 g/mol. The fourth-order valence-electron chi connectivity index (χ4n) is 2.10. The largest absolute Gasteiger partial charge is 0.481 e. The van der Waals surface area contributed by atoms with E-state index in [0.717, 1.165) is 11.1 Å². The van der Waals surface area contributed by atoms with Gasteiger partial charge >= 0.3 is 5.97 Å². The van der Waals surface area contributed by atoms with E-state index in [1.54, 1.807) is 12.1 Å². The summed E-state index contributed by atoms with van der Waals surface area (Å²) < 4.78 is 0. The molecule has 0 unspecified atom stereocenters. The molecule has 0 aromatic heterocycles. The third kappa shape index (κ3) is 2.03. The van der Waals surface area contributed by atoms with Gasteiger partial charge in [0.05, 0.1) is 16.0 Å². The Balaban J connectivity index is 2.42. The molecule has 0 amide bonds. The Morgan fingerprint density at radius 2 is 2.00 bits per heavy atom. The van der Waals surface area contributed by atoms with Gasteiger partial charge in [-0.2, -0.15) is 0 Å². The van der Waals surface area contributed by atoms with Crippen LogP contribution >= 0.6 is 23.2 Å². The highest BCUT2D eigenvalue weighted by atomic mass is 35.5. The third-order valence-electron chi connectivity index (χ3n) is 2.94. The quantitative estimate of drug-likeness (QED) is 0.815. The van der Waals surface area contributed by atoms with Gasteiger partial charge in [-0.1, -0.05) is 23.2 Å². The lowest BCUT2D eigenvalue weighted by molar-refractivity contribution is -0.142. The van der Waals surface area contributed by atoms with Gasteiger partial charge in [-0.25, -0.2) is 0 Å². The molecular formula is C11H11Cl2NO2. The predicted molar refractivity (Wildman–Crippen MR) is 62.8 cm³/mol. The van der Waals surface area contributed by atoms with Crippen LogP contribution in [-0.4, -0.2) is 11.1 Å². The molecule has 0 aliphatic heterocycles. The van der Waals surface area contributed by atoms with Crippen molar-refractivity contribution in [3.63, 3.8) is 0 Å². The molecule has 3 nitrogen and oxygen atoms in total. The molecule has 2 rings (SSSR count). The molecule has 1 aliphatic carbocycles.